The van der Waals surface area contributed by atoms with Crippen molar-refractivity contribution in [3.05, 3.63) is 25.3 Å². The largest absolute Gasteiger partial charge is 0.463 e. The van der Waals surface area contributed by atoms with Crippen molar-refractivity contribution in [2.24, 2.45) is 5.92 Å². The lowest BCUT2D eigenvalue weighted by atomic mass is 9.97. The molecule has 0 saturated heterocycles. The first-order valence-electron chi connectivity index (χ1n) is 9.90. The minimum Gasteiger partial charge on any atom is -0.463 e. The molecule has 0 rings (SSSR count). The van der Waals surface area contributed by atoms with Gasteiger partial charge in [0.05, 0.1) is 31.3 Å². The molecule has 8 heteroatoms. The number of aliphatic hydroxyl groups excluding tert-OH is 1. The third kappa shape index (κ3) is 14.5. The van der Waals surface area contributed by atoms with Gasteiger partial charge in [-0.3, -0.25) is 14.4 Å². The van der Waals surface area contributed by atoms with Crippen LogP contribution in [0.1, 0.15) is 46.0 Å². The van der Waals surface area contributed by atoms with Crippen molar-refractivity contribution in [1.82, 2.24) is 10.6 Å². The fraction of sp³-hybridized carbons (Fsp3) is 0.667. The van der Waals surface area contributed by atoms with Crippen LogP contribution in [-0.4, -0.2) is 61.4 Å². The summed E-state index contributed by atoms with van der Waals surface area (Å²) in [5.41, 5.74) is -0.765. The summed E-state index contributed by atoms with van der Waals surface area (Å²) in [7, 11) is 0. The SMILES string of the molecule is C=CCCCC(=O)OCC(C)(C)NC(=O)C(CC=C)CC(=O)NCCOCCO. The maximum Gasteiger partial charge on any atom is 0.305 e. The summed E-state index contributed by atoms with van der Waals surface area (Å²) in [4.78, 5) is 36.4. The van der Waals surface area contributed by atoms with Gasteiger partial charge in [-0.15, -0.1) is 13.2 Å². The molecular weight excluding hydrogens is 376 g/mol. The number of nitrogens with one attached hydrogen (secondary N) is 2. The molecule has 3 N–H and O–H groups in total. The van der Waals surface area contributed by atoms with E-state index in [4.69, 9.17) is 14.6 Å². The van der Waals surface area contributed by atoms with Gasteiger partial charge in [0, 0.05) is 19.4 Å². The molecule has 1 atom stereocenters. The smallest absolute Gasteiger partial charge is 0.305 e. The second kappa shape index (κ2) is 15.7. The zero-order valence-corrected chi connectivity index (χ0v) is 17.7. The van der Waals surface area contributed by atoms with Crippen LogP contribution >= 0.6 is 0 Å². The van der Waals surface area contributed by atoms with Gasteiger partial charge in [-0.25, -0.2) is 0 Å². The summed E-state index contributed by atoms with van der Waals surface area (Å²) >= 11 is 0. The number of unbranched alkanes of at least 4 members (excludes halogenated alkanes) is 1. The van der Waals surface area contributed by atoms with E-state index in [2.05, 4.69) is 23.8 Å². The quantitative estimate of drug-likeness (QED) is 0.189. The fourth-order valence-corrected chi connectivity index (χ4v) is 2.40. The summed E-state index contributed by atoms with van der Waals surface area (Å²) in [5.74, 6) is -1.47. The van der Waals surface area contributed by atoms with Gasteiger partial charge in [-0.1, -0.05) is 12.2 Å². The van der Waals surface area contributed by atoms with E-state index >= 15 is 0 Å². The molecule has 0 aliphatic heterocycles. The molecular formula is C21H36N2O6. The predicted octanol–water partition coefficient (Wildman–Crippen LogP) is 1.49. The highest BCUT2D eigenvalue weighted by Gasteiger charge is 2.28. The topological polar surface area (TPSA) is 114 Å². The second-order valence-electron chi connectivity index (χ2n) is 7.33. The summed E-state index contributed by atoms with van der Waals surface area (Å²) in [5, 5.41) is 14.1. The summed E-state index contributed by atoms with van der Waals surface area (Å²) < 4.78 is 10.3. The van der Waals surface area contributed by atoms with E-state index in [9.17, 15) is 14.4 Å². The summed E-state index contributed by atoms with van der Waals surface area (Å²) in [6, 6.07) is 0. The molecule has 0 saturated carbocycles. The molecule has 0 aliphatic rings. The van der Waals surface area contributed by atoms with Crippen LogP contribution in [-0.2, 0) is 23.9 Å². The van der Waals surface area contributed by atoms with Gasteiger partial charge >= 0.3 is 5.97 Å². The van der Waals surface area contributed by atoms with Crippen molar-refractivity contribution in [1.29, 1.82) is 0 Å². The lowest BCUT2D eigenvalue weighted by molar-refractivity contribution is -0.146. The number of rotatable bonds is 17. The molecule has 8 nitrogen and oxygen atoms in total. The van der Waals surface area contributed by atoms with Crippen molar-refractivity contribution >= 4 is 17.8 Å². The van der Waals surface area contributed by atoms with Gasteiger partial charge in [0.2, 0.25) is 11.8 Å². The van der Waals surface area contributed by atoms with E-state index in [0.717, 1.165) is 6.42 Å². The third-order valence-corrected chi connectivity index (χ3v) is 3.90. The van der Waals surface area contributed by atoms with Crippen LogP contribution < -0.4 is 10.6 Å². The lowest BCUT2D eigenvalue weighted by Gasteiger charge is -2.28. The predicted molar refractivity (Wildman–Crippen MR) is 111 cm³/mol. The monoisotopic (exact) mass is 412 g/mol. The Morgan fingerprint density at radius 3 is 2.52 bits per heavy atom. The van der Waals surface area contributed by atoms with Gasteiger partial charge in [0.25, 0.3) is 0 Å². The minimum atomic E-state index is -0.765. The number of aliphatic hydroxyl groups is 1. The number of hydrogen-bond acceptors (Lipinski definition) is 6. The van der Waals surface area contributed by atoms with Crippen molar-refractivity contribution in [2.45, 2.75) is 51.5 Å². The van der Waals surface area contributed by atoms with Gasteiger partial charge in [0.15, 0.2) is 0 Å². The van der Waals surface area contributed by atoms with Crippen LogP contribution in [0.4, 0.5) is 0 Å². The molecule has 0 aromatic carbocycles. The number of carbonyl (C=O) groups excluding carboxylic acids is 3. The Hall–Kier alpha value is -2.19. The summed E-state index contributed by atoms with van der Waals surface area (Å²) in [6.45, 7) is 11.5. The molecule has 0 aromatic rings. The average molecular weight is 413 g/mol. The van der Waals surface area contributed by atoms with Crippen molar-refractivity contribution < 1.29 is 29.0 Å². The van der Waals surface area contributed by atoms with Crippen LogP contribution in [0.25, 0.3) is 0 Å². The first-order chi connectivity index (χ1) is 13.8. The average Bonchev–Trinajstić information content (AvgIpc) is 2.66. The molecule has 29 heavy (non-hydrogen) atoms. The minimum absolute atomic E-state index is 0.00920. The highest BCUT2D eigenvalue weighted by molar-refractivity contribution is 5.86. The Bertz CT molecular complexity index is 533. The number of carbonyl (C=O) groups is 3. The molecule has 0 heterocycles. The molecule has 0 aliphatic carbocycles. The molecule has 0 spiro atoms. The van der Waals surface area contributed by atoms with Gasteiger partial charge in [-0.2, -0.15) is 0 Å². The Balaban J connectivity index is 4.47. The zero-order chi connectivity index (χ0) is 22.1. The highest BCUT2D eigenvalue weighted by atomic mass is 16.5. The zero-order valence-electron chi connectivity index (χ0n) is 17.7. The van der Waals surface area contributed by atoms with Crippen molar-refractivity contribution in [2.75, 3.05) is 33.0 Å². The van der Waals surface area contributed by atoms with E-state index in [0.29, 0.717) is 25.8 Å². The normalized spacial score (nSPS) is 12.0. The van der Waals surface area contributed by atoms with Crippen LogP contribution in [0.3, 0.4) is 0 Å². The summed E-state index contributed by atoms with van der Waals surface area (Å²) in [6.07, 6.45) is 5.42. The Kier molecular flexibility index (Phi) is 14.5. The Morgan fingerprint density at radius 2 is 1.90 bits per heavy atom. The van der Waals surface area contributed by atoms with Crippen molar-refractivity contribution in [3.63, 3.8) is 0 Å². The van der Waals surface area contributed by atoms with Crippen molar-refractivity contribution in [3.8, 4) is 0 Å². The molecule has 0 fully saturated rings. The third-order valence-electron chi connectivity index (χ3n) is 3.90. The first kappa shape index (κ1) is 26.8. The maximum absolute atomic E-state index is 12.6. The van der Waals surface area contributed by atoms with Gasteiger partial charge < -0.3 is 25.2 Å². The fourth-order valence-electron chi connectivity index (χ4n) is 2.40. The standard InChI is InChI=1S/C21H36N2O6/c1-5-7-8-10-19(26)29-16-21(3,4)23-20(27)17(9-6-2)15-18(25)22-11-13-28-14-12-24/h5-6,17,24H,1-2,7-16H2,3-4H3,(H,22,25)(H,23,27). The second-order valence-corrected chi connectivity index (χ2v) is 7.33. The highest BCUT2D eigenvalue weighted by Crippen LogP contribution is 2.13. The molecule has 0 radical (unpaired) electrons. The van der Waals surface area contributed by atoms with E-state index in [1.807, 2.05) is 0 Å². The number of hydrogen-bond donors (Lipinski definition) is 3. The van der Waals surface area contributed by atoms with Gasteiger partial charge in [-0.05, 0) is 33.1 Å². The number of allylic oxidation sites excluding steroid dienone is 2. The Labute approximate surface area is 173 Å². The number of esters is 1. The maximum atomic E-state index is 12.6. The molecule has 0 bridgehead atoms. The van der Waals surface area contributed by atoms with Crippen LogP contribution in [0.5, 0.6) is 0 Å². The van der Waals surface area contributed by atoms with E-state index in [1.54, 1.807) is 26.0 Å². The molecule has 0 aromatic heterocycles. The van der Waals surface area contributed by atoms with Crippen LogP contribution in [0, 0.1) is 5.92 Å². The van der Waals surface area contributed by atoms with Gasteiger partial charge in [0.1, 0.15) is 6.61 Å². The number of ether oxygens (including phenoxy) is 2. The first-order valence-corrected chi connectivity index (χ1v) is 9.90. The lowest BCUT2D eigenvalue weighted by Crippen LogP contribution is -2.50. The Morgan fingerprint density at radius 1 is 1.17 bits per heavy atom. The molecule has 1 unspecified atom stereocenters. The van der Waals surface area contributed by atoms with Crippen LogP contribution in [0.15, 0.2) is 25.3 Å². The molecule has 166 valence electrons. The van der Waals surface area contributed by atoms with E-state index in [1.165, 1.54) is 0 Å². The van der Waals surface area contributed by atoms with E-state index in [-0.39, 0.29) is 50.6 Å². The van der Waals surface area contributed by atoms with Crippen LogP contribution in [0.2, 0.25) is 0 Å². The molecule has 2 amide bonds. The number of amides is 2. The van der Waals surface area contributed by atoms with E-state index < -0.39 is 11.5 Å².